The predicted octanol–water partition coefficient (Wildman–Crippen LogP) is 2.31. The van der Waals surface area contributed by atoms with Gasteiger partial charge in [-0.15, -0.1) is 0 Å². The lowest BCUT2D eigenvalue weighted by Gasteiger charge is -1.97. The largest absolute Gasteiger partial charge is 0.463 e. The average molecular weight is 234 g/mol. The molecule has 88 valence electrons. The number of halogens is 1. The summed E-state index contributed by atoms with van der Waals surface area (Å²) in [5.74, 6) is -0.774. The van der Waals surface area contributed by atoms with Crippen molar-refractivity contribution in [3.63, 3.8) is 0 Å². The number of nitrogens with one attached hydrogen (secondary N) is 1. The van der Waals surface area contributed by atoms with Crippen LogP contribution in [0.2, 0.25) is 0 Å². The van der Waals surface area contributed by atoms with Crippen LogP contribution in [0, 0.1) is 12.7 Å². The zero-order valence-electron chi connectivity index (χ0n) is 9.45. The minimum absolute atomic E-state index is 0.115. The number of nitrogens with zero attached hydrogens (tertiary/aromatic N) is 1. The molecule has 0 bridgehead atoms. The molecule has 17 heavy (non-hydrogen) atoms. The van der Waals surface area contributed by atoms with E-state index in [0.29, 0.717) is 17.0 Å². The van der Waals surface area contributed by atoms with Gasteiger partial charge in [-0.2, -0.15) is 0 Å². The monoisotopic (exact) mass is 234 g/mol. The minimum Gasteiger partial charge on any atom is -0.463 e. The summed E-state index contributed by atoms with van der Waals surface area (Å²) in [5, 5.41) is 0. The first kappa shape index (κ1) is 11.3. The van der Waals surface area contributed by atoms with E-state index in [9.17, 15) is 9.18 Å². The zero-order valence-corrected chi connectivity index (χ0v) is 9.45. The van der Waals surface area contributed by atoms with Crippen molar-refractivity contribution in [2.75, 3.05) is 7.11 Å². The Morgan fingerprint density at radius 1 is 1.47 bits per heavy atom. The lowest BCUT2D eigenvalue weighted by molar-refractivity contribution is 0.0588. The van der Waals surface area contributed by atoms with Crippen LogP contribution < -0.4 is 0 Å². The second kappa shape index (κ2) is 4.37. The lowest BCUT2D eigenvalue weighted by Crippen LogP contribution is -2.03. The van der Waals surface area contributed by atoms with E-state index in [1.54, 1.807) is 19.1 Å². The number of carbonyl (C=O) groups excluding carboxylic acids is 1. The van der Waals surface area contributed by atoms with Crippen LogP contribution in [-0.4, -0.2) is 23.0 Å². The summed E-state index contributed by atoms with van der Waals surface area (Å²) in [6, 6.07) is 6.04. The molecule has 1 aromatic heterocycles. The molecule has 1 aromatic carbocycles. The highest BCUT2D eigenvalue weighted by Gasteiger charge is 2.15. The summed E-state index contributed by atoms with van der Waals surface area (Å²) in [6.45, 7) is 1.76. The molecule has 2 aromatic rings. The molecular formula is C12H11FN2O2. The van der Waals surface area contributed by atoms with Gasteiger partial charge in [0.15, 0.2) is 0 Å². The molecule has 0 saturated carbocycles. The number of carbonyl (C=O) groups is 1. The van der Waals surface area contributed by atoms with Crippen molar-refractivity contribution in [1.29, 1.82) is 0 Å². The maximum Gasteiger partial charge on any atom is 0.374 e. The van der Waals surface area contributed by atoms with Gasteiger partial charge in [0.2, 0.25) is 5.82 Å². The molecule has 5 heteroatoms. The standard InChI is InChI=1S/C12H11FN2O2/c1-7-10(8-4-3-5-9(13)6-8)15-11(14-7)12(16)17-2/h3-6H,1-2H3,(H,14,15). The second-order valence-corrected chi connectivity index (χ2v) is 3.56. The number of aromatic amines is 1. The van der Waals surface area contributed by atoms with Crippen LogP contribution in [-0.2, 0) is 4.74 Å². The van der Waals surface area contributed by atoms with E-state index >= 15 is 0 Å². The Morgan fingerprint density at radius 3 is 2.88 bits per heavy atom. The van der Waals surface area contributed by atoms with Crippen LogP contribution in [0.3, 0.4) is 0 Å². The first-order valence-electron chi connectivity index (χ1n) is 5.02. The quantitative estimate of drug-likeness (QED) is 0.811. The SMILES string of the molecule is COC(=O)c1nc(-c2cccc(F)c2)c(C)[nH]1. The summed E-state index contributed by atoms with van der Waals surface area (Å²) in [4.78, 5) is 18.2. The number of ether oxygens (including phenoxy) is 1. The summed E-state index contributed by atoms with van der Waals surface area (Å²) in [5.41, 5.74) is 1.86. The highest BCUT2D eigenvalue weighted by atomic mass is 19.1. The fourth-order valence-electron chi connectivity index (χ4n) is 1.57. The van der Waals surface area contributed by atoms with Gasteiger partial charge in [-0.25, -0.2) is 14.2 Å². The van der Waals surface area contributed by atoms with Gasteiger partial charge in [0.25, 0.3) is 0 Å². The van der Waals surface area contributed by atoms with Crippen LogP contribution in [0.4, 0.5) is 4.39 Å². The van der Waals surface area contributed by atoms with Crippen LogP contribution >= 0.6 is 0 Å². The van der Waals surface area contributed by atoms with Gasteiger partial charge < -0.3 is 9.72 Å². The van der Waals surface area contributed by atoms with Crippen molar-refractivity contribution in [1.82, 2.24) is 9.97 Å². The number of aryl methyl sites for hydroxylation is 1. The summed E-state index contributed by atoms with van der Waals surface area (Å²) in [7, 11) is 1.28. The Balaban J connectivity index is 2.46. The first-order chi connectivity index (χ1) is 8.11. The van der Waals surface area contributed by atoms with Crippen molar-refractivity contribution >= 4 is 5.97 Å². The van der Waals surface area contributed by atoms with Gasteiger partial charge in [-0.05, 0) is 19.1 Å². The van der Waals surface area contributed by atoms with E-state index < -0.39 is 5.97 Å². The van der Waals surface area contributed by atoms with Crippen molar-refractivity contribution < 1.29 is 13.9 Å². The maximum absolute atomic E-state index is 13.1. The average Bonchev–Trinajstić information content (AvgIpc) is 2.70. The van der Waals surface area contributed by atoms with Crippen molar-refractivity contribution in [2.45, 2.75) is 6.92 Å². The summed E-state index contributed by atoms with van der Waals surface area (Å²) < 4.78 is 17.6. The Kier molecular flexibility index (Phi) is 2.91. The fraction of sp³-hybridized carbons (Fsp3) is 0.167. The number of methoxy groups -OCH3 is 1. The van der Waals surface area contributed by atoms with E-state index in [1.807, 2.05) is 0 Å². The molecule has 2 rings (SSSR count). The molecule has 0 radical (unpaired) electrons. The van der Waals surface area contributed by atoms with Gasteiger partial charge in [-0.1, -0.05) is 12.1 Å². The molecule has 0 unspecified atom stereocenters. The van der Waals surface area contributed by atoms with E-state index in [2.05, 4.69) is 14.7 Å². The number of rotatable bonds is 2. The van der Waals surface area contributed by atoms with Crippen molar-refractivity contribution in [3.8, 4) is 11.3 Å². The van der Waals surface area contributed by atoms with Gasteiger partial charge in [0, 0.05) is 11.3 Å². The Labute approximate surface area is 97.5 Å². The van der Waals surface area contributed by atoms with Gasteiger partial charge >= 0.3 is 5.97 Å². The zero-order chi connectivity index (χ0) is 12.4. The molecule has 0 aliphatic carbocycles. The third-order valence-electron chi connectivity index (χ3n) is 2.36. The molecule has 0 amide bonds. The van der Waals surface area contributed by atoms with Crippen LogP contribution in [0.25, 0.3) is 11.3 Å². The van der Waals surface area contributed by atoms with Crippen LogP contribution in [0.5, 0.6) is 0 Å². The number of hydrogen-bond acceptors (Lipinski definition) is 3. The van der Waals surface area contributed by atoms with Crippen LogP contribution in [0.15, 0.2) is 24.3 Å². The highest BCUT2D eigenvalue weighted by molar-refractivity contribution is 5.86. The molecule has 0 aliphatic heterocycles. The molecule has 0 aliphatic rings. The maximum atomic E-state index is 13.1. The molecule has 0 atom stereocenters. The normalized spacial score (nSPS) is 10.3. The van der Waals surface area contributed by atoms with Crippen LogP contribution in [0.1, 0.15) is 16.3 Å². The predicted molar refractivity (Wildman–Crippen MR) is 60.1 cm³/mol. The molecule has 0 spiro atoms. The Bertz CT molecular complexity index is 563. The minimum atomic E-state index is -0.546. The molecule has 0 saturated heterocycles. The van der Waals surface area contributed by atoms with Gasteiger partial charge in [-0.3, -0.25) is 0 Å². The third kappa shape index (κ3) is 2.18. The number of aromatic nitrogens is 2. The van der Waals surface area contributed by atoms with Crippen molar-refractivity contribution in [2.24, 2.45) is 0 Å². The molecule has 1 N–H and O–H groups in total. The Hall–Kier alpha value is -2.17. The summed E-state index contributed by atoms with van der Waals surface area (Å²) >= 11 is 0. The molecular weight excluding hydrogens is 223 g/mol. The topological polar surface area (TPSA) is 55.0 Å². The third-order valence-corrected chi connectivity index (χ3v) is 2.36. The second-order valence-electron chi connectivity index (χ2n) is 3.56. The van der Waals surface area contributed by atoms with Gasteiger partial charge in [0.1, 0.15) is 5.82 Å². The number of H-pyrrole nitrogens is 1. The number of hydrogen-bond donors (Lipinski definition) is 1. The summed E-state index contributed by atoms with van der Waals surface area (Å²) in [6.07, 6.45) is 0. The number of imidazole rings is 1. The molecule has 4 nitrogen and oxygen atoms in total. The Morgan fingerprint density at radius 2 is 2.24 bits per heavy atom. The first-order valence-corrected chi connectivity index (χ1v) is 5.02. The van der Waals surface area contributed by atoms with Crippen molar-refractivity contribution in [3.05, 3.63) is 41.6 Å². The molecule has 0 fully saturated rings. The molecule has 1 heterocycles. The van der Waals surface area contributed by atoms with E-state index in [1.165, 1.54) is 19.2 Å². The number of esters is 1. The highest BCUT2D eigenvalue weighted by Crippen LogP contribution is 2.21. The smallest absolute Gasteiger partial charge is 0.374 e. The lowest BCUT2D eigenvalue weighted by atomic mass is 10.1. The van der Waals surface area contributed by atoms with E-state index in [-0.39, 0.29) is 11.6 Å². The van der Waals surface area contributed by atoms with E-state index in [0.717, 1.165) is 0 Å². The van der Waals surface area contributed by atoms with Gasteiger partial charge in [0.05, 0.1) is 12.8 Å². The van der Waals surface area contributed by atoms with E-state index in [4.69, 9.17) is 0 Å². The fourth-order valence-corrected chi connectivity index (χ4v) is 1.57. The number of benzene rings is 1.